The average Bonchev–Trinajstić information content (AvgIpc) is 3.07. The maximum Gasteiger partial charge on any atom is 0.357 e. The molecule has 4 rings (SSSR count). The number of hydrogen-bond acceptors (Lipinski definition) is 5. The number of nitriles is 1. The Bertz CT molecular complexity index is 1440. The molecule has 0 saturated carbocycles. The second-order valence-electron chi connectivity index (χ2n) is 7.77. The molecule has 0 aliphatic carbocycles. The van der Waals surface area contributed by atoms with Crippen molar-refractivity contribution in [3.05, 3.63) is 94.6 Å². The van der Waals surface area contributed by atoms with E-state index >= 15 is 0 Å². The van der Waals surface area contributed by atoms with Crippen LogP contribution in [0.4, 0.5) is 10.2 Å². The van der Waals surface area contributed by atoms with Crippen molar-refractivity contribution in [1.29, 1.82) is 5.26 Å². The van der Waals surface area contributed by atoms with E-state index < -0.39 is 18.5 Å². The lowest BCUT2D eigenvalue weighted by molar-refractivity contribution is -0.119. The van der Waals surface area contributed by atoms with Crippen molar-refractivity contribution in [2.75, 3.05) is 11.9 Å². The molecule has 4 aromatic rings. The topological polar surface area (TPSA) is 97.0 Å². The quantitative estimate of drug-likeness (QED) is 0.431. The van der Waals surface area contributed by atoms with Crippen LogP contribution >= 0.6 is 0 Å². The zero-order chi connectivity index (χ0) is 24.2. The summed E-state index contributed by atoms with van der Waals surface area (Å²) in [4.78, 5) is 29.3. The summed E-state index contributed by atoms with van der Waals surface area (Å²) in [6.07, 6.45) is 0. The smallest absolute Gasteiger partial charge is 0.357 e. The van der Waals surface area contributed by atoms with Gasteiger partial charge in [-0.25, -0.2) is 14.2 Å². The van der Waals surface area contributed by atoms with Crippen LogP contribution in [0.1, 0.15) is 32.9 Å². The van der Waals surface area contributed by atoms with Crippen molar-refractivity contribution in [2.45, 2.75) is 20.4 Å². The molecule has 0 fully saturated rings. The second-order valence-corrected chi connectivity index (χ2v) is 7.77. The predicted molar refractivity (Wildman–Crippen MR) is 125 cm³/mol. The second kappa shape index (κ2) is 9.55. The van der Waals surface area contributed by atoms with Gasteiger partial charge in [0.15, 0.2) is 6.61 Å². The highest BCUT2D eigenvalue weighted by Gasteiger charge is 2.21. The standard InChI is InChI=1S/C26H21FN4O3/c1-16-17(2)31(14-18-7-10-20(27)11-8-18)25(21(16)13-28)30-24(32)15-34-26(33)23-12-9-19-5-3-4-6-22(19)29-23/h3-12H,14-15H2,1-2H3,(H,30,32). The number of fused-ring (bicyclic) bond motifs is 1. The van der Waals surface area contributed by atoms with E-state index in [1.54, 1.807) is 35.8 Å². The van der Waals surface area contributed by atoms with Crippen LogP contribution in [0.25, 0.3) is 10.9 Å². The van der Waals surface area contributed by atoms with E-state index in [4.69, 9.17) is 4.74 Å². The van der Waals surface area contributed by atoms with Gasteiger partial charge in [0.25, 0.3) is 5.91 Å². The van der Waals surface area contributed by atoms with Gasteiger partial charge in [-0.1, -0.05) is 36.4 Å². The van der Waals surface area contributed by atoms with Crippen molar-refractivity contribution in [1.82, 2.24) is 9.55 Å². The number of carbonyl (C=O) groups excluding carboxylic acids is 2. The minimum atomic E-state index is -0.726. The number of esters is 1. The molecular weight excluding hydrogens is 435 g/mol. The van der Waals surface area contributed by atoms with E-state index in [0.717, 1.165) is 22.2 Å². The molecule has 1 amide bonds. The number of nitrogens with one attached hydrogen (secondary N) is 1. The molecule has 34 heavy (non-hydrogen) atoms. The van der Waals surface area contributed by atoms with Gasteiger partial charge < -0.3 is 14.6 Å². The van der Waals surface area contributed by atoms with Crippen LogP contribution in [0.3, 0.4) is 0 Å². The summed E-state index contributed by atoms with van der Waals surface area (Å²) >= 11 is 0. The molecule has 2 aromatic heterocycles. The van der Waals surface area contributed by atoms with Crippen molar-refractivity contribution >= 4 is 28.6 Å². The lowest BCUT2D eigenvalue weighted by Gasteiger charge is -2.13. The average molecular weight is 456 g/mol. The van der Waals surface area contributed by atoms with Gasteiger partial charge in [-0.15, -0.1) is 0 Å². The van der Waals surface area contributed by atoms with E-state index in [-0.39, 0.29) is 11.5 Å². The zero-order valence-electron chi connectivity index (χ0n) is 18.6. The maximum absolute atomic E-state index is 13.3. The third kappa shape index (κ3) is 4.64. The lowest BCUT2D eigenvalue weighted by Crippen LogP contribution is -2.23. The van der Waals surface area contributed by atoms with E-state index in [0.29, 0.717) is 23.4 Å². The monoisotopic (exact) mass is 456 g/mol. The summed E-state index contributed by atoms with van der Waals surface area (Å²) in [7, 11) is 0. The summed E-state index contributed by atoms with van der Waals surface area (Å²) < 4.78 is 20.2. The highest BCUT2D eigenvalue weighted by molar-refractivity contribution is 5.96. The first kappa shape index (κ1) is 22.7. The molecule has 8 heteroatoms. The Morgan fingerprint density at radius 1 is 1.09 bits per heavy atom. The van der Waals surface area contributed by atoms with Crippen LogP contribution in [0.5, 0.6) is 0 Å². The Balaban J connectivity index is 1.49. The Morgan fingerprint density at radius 3 is 2.56 bits per heavy atom. The van der Waals surface area contributed by atoms with Gasteiger partial charge in [0.05, 0.1) is 11.1 Å². The Labute approximate surface area is 195 Å². The van der Waals surface area contributed by atoms with Gasteiger partial charge in [-0.05, 0) is 49.2 Å². The molecule has 0 saturated heterocycles. The molecule has 0 atom stereocenters. The number of hydrogen-bond donors (Lipinski definition) is 1. The number of pyridine rings is 1. The van der Waals surface area contributed by atoms with Gasteiger partial charge in [-0.2, -0.15) is 5.26 Å². The molecule has 0 bridgehead atoms. The van der Waals surface area contributed by atoms with Crippen LogP contribution in [0, 0.1) is 31.0 Å². The fraction of sp³-hybridized carbons (Fsp3) is 0.154. The number of amides is 1. The van der Waals surface area contributed by atoms with Crippen molar-refractivity contribution < 1.29 is 18.7 Å². The van der Waals surface area contributed by atoms with Crippen molar-refractivity contribution in [2.24, 2.45) is 0 Å². The number of ether oxygens (including phenoxy) is 1. The van der Waals surface area contributed by atoms with E-state index in [1.165, 1.54) is 18.2 Å². The Kier molecular flexibility index (Phi) is 6.37. The third-order valence-corrected chi connectivity index (χ3v) is 5.59. The molecule has 0 aliphatic heterocycles. The SMILES string of the molecule is Cc1c(C#N)c(NC(=O)COC(=O)c2ccc3ccccc3n2)n(Cc2ccc(F)cc2)c1C. The van der Waals surface area contributed by atoms with Crippen LogP contribution in [0.15, 0.2) is 60.7 Å². The number of anilines is 1. The van der Waals surface area contributed by atoms with Crippen LogP contribution in [0.2, 0.25) is 0 Å². The maximum atomic E-state index is 13.3. The van der Waals surface area contributed by atoms with Gasteiger partial charge in [0.1, 0.15) is 23.4 Å². The summed E-state index contributed by atoms with van der Waals surface area (Å²) in [6.45, 7) is 3.40. The molecule has 1 N–H and O–H groups in total. The third-order valence-electron chi connectivity index (χ3n) is 5.59. The highest BCUT2D eigenvalue weighted by atomic mass is 19.1. The van der Waals surface area contributed by atoms with Crippen LogP contribution in [-0.2, 0) is 16.1 Å². The molecule has 0 radical (unpaired) electrons. The van der Waals surface area contributed by atoms with Gasteiger partial charge in [0.2, 0.25) is 0 Å². The number of benzene rings is 2. The van der Waals surface area contributed by atoms with Crippen molar-refractivity contribution in [3.63, 3.8) is 0 Å². The van der Waals surface area contributed by atoms with E-state index in [2.05, 4.69) is 16.4 Å². The first-order valence-electron chi connectivity index (χ1n) is 10.5. The summed E-state index contributed by atoms with van der Waals surface area (Å²) in [5.74, 6) is -1.37. The number of para-hydroxylation sites is 1. The largest absolute Gasteiger partial charge is 0.451 e. The molecule has 0 spiro atoms. The number of rotatable bonds is 6. The number of aromatic nitrogens is 2. The normalized spacial score (nSPS) is 10.6. The number of carbonyl (C=O) groups is 2. The first-order chi connectivity index (χ1) is 16.4. The van der Waals surface area contributed by atoms with Crippen LogP contribution in [-0.4, -0.2) is 28.0 Å². The van der Waals surface area contributed by atoms with Crippen LogP contribution < -0.4 is 5.32 Å². The minimum absolute atomic E-state index is 0.0931. The van der Waals surface area contributed by atoms with E-state index in [1.807, 2.05) is 25.1 Å². The Morgan fingerprint density at radius 2 is 1.82 bits per heavy atom. The summed E-state index contributed by atoms with van der Waals surface area (Å²) in [5, 5.41) is 13.2. The molecular formula is C26H21FN4O3. The first-order valence-corrected chi connectivity index (χ1v) is 10.5. The fourth-order valence-electron chi connectivity index (χ4n) is 3.65. The lowest BCUT2D eigenvalue weighted by atomic mass is 10.2. The Hall–Kier alpha value is -4.51. The summed E-state index contributed by atoms with van der Waals surface area (Å²) in [5.41, 5.74) is 3.36. The fourth-order valence-corrected chi connectivity index (χ4v) is 3.65. The molecule has 170 valence electrons. The molecule has 0 aliphatic rings. The molecule has 2 heterocycles. The van der Waals surface area contributed by atoms with Gasteiger partial charge in [-0.3, -0.25) is 4.79 Å². The van der Waals surface area contributed by atoms with Crippen molar-refractivity contribution in [3.8, 4) is 6.07 Å². The number of nitrogens with zero attached hydrogens (tertiary/aromatic N) is 3. The predicted octanol–water partition coefficient (Wildman–Crippen LogP) is 4.51. The number of halogens is 1. The highest BCUT2D eigenvalue weighted by Crippen LogP contribution is 2.27. The van der Waals surface area contributed by atoms with E-state index in [9.17, 15) is 19.2 Å². The molecule has 0 unspecified atom stereocenters. The molecule has 2 aromatic carbocycles. The van der Waals surface area contributed by atoms with Gasteiger partial charge in [0, 0.05) is 17.6 Å². The zero-order valence-corrected chi connectivity index (χ0v) is 18.6. The van der Waals surface area contributed by atoms with Gasteiger partial charge >= 0.3 is 5.97 Å². The summed E-state index contributed by atoms with van der Waals surface area (Å²) in [6, 6.07) is 18.7. The molecule has 7 nitrogen and oxygen atoms in total. The minimum Gasteiger partial charge on any atom is -0.451 e.